The number of nitrogens with zero attached hydrogens (tertiary/aromatic N) is 2. The van der Waals surface area contributed by atoms with Gasteiger partial charge < -0.3 is 19.4 Å². The van der Waals surface area contributed by atoms with Gasteiger partial charge in [-0.25, -0.2) is 4.79 Å². The van der Waals surface area contributed by atoms with E-state index in [1.807, 2.05) is 71.9 Å². The van der Waals surface area contributed by atoms with Gasteiger partial charge >= 0.3 is 5.97 Å². The van der Waals surface area contributed by atoms with E-state index < -0.39 is 11.6 Å². The van der Waals surface area contributed by atoms with E-state index in [1.54, 1.807) is 6.07 Å². The standard InChI is InChI=1S/C36H43N3O4/c1-23-20-29(25(3)37-31-11-9-8-10-28(31)35(41)43-36(4,5)6)34-30(21-23)32(40)24(2)33(42-34)27-14-12-26(13-15-27)22-39-18-16-38(7)17-19-39/h8-15,20-21,25,37H,16-19,22H2,1-7H3/t25-/m1/s1. The molecule has 1 aromatic heterocycles. The Balaban J connectivity index is 1.47. The van der Waals surface area contributed by atoms with Crippen molar-refractivity contribution in [2.24, 2.45) is 0 Å². The minimum absolute atomic E-state index is 0.0379. The summed E-state index contributed by atoms with van der Waals surface area (Å²) in [6.07, 6.45) is 0. The molecule has 1 aliphatic heterocycles. The molecule has 1 atom stereocenters. The highest BCUT2D eigenvalue weighted by molar-refractivity contribution is 5.96. The molecular formula is C36H43N3O4. The van der Waals surface area contributed by atoms with Gasteiger partial charge in [0.1, 0.15) is 16.9 Å². The van der Waals surface area contributed by atoms with Crippen LogP contribution in [-0.4, -0.2) is 54.6 Å². The maximum absolute atomic E-state index is 13.7. The fourth-order valence-corrected chi connectivity index (χ4v) is 5.62. The lowest BCUT2D eigenvalue weighted by Gasteiger charge is -2.32. The molecule has 226 valence electrons. The van der Waals surface area contributed by atoms with Crippen molar-refractivity contribution >= 4 is 22.6 Å². The molecule has 0 bridgehead atoms. The highest BCUT2D eigenvalue weighted by atomic mass is 16.6. The number of carbonyl (C=O) groups is 1. The van der Waals surface area contributed by atoms with Crippen molar-refractivity contribution in [1.29, 1.82) is 0 Å². The number of aryl methyl sites for hydroxylation is 1. The van der Waals surface area contributed by atoms with Crippen molar-refractivity contribution in [2.75, 3.05) is 38.5 Å². The minimum Gasteiger partial charge on any atom is -0.456 e. The van der Waals surface area contributed by atoms with Crippen LogP contribution in [0.1, 0.15) is 66.3 Å². The van der Waals surface area contributed by atoms with Gasteiger partial charge in [0.2, 0.25) is 0 Å². The van der Waals surface area contributed by atoms with Crippen molar-refractivity contribution in [3.05, 3.63) is 98.7 Å². The van der Waals surface area contributed by atoms with Crippen molar-refractivity contribution in [3.8, 4) is 11.3 Å². The number of fused-ring (bicyclic) bond motifs is 1. The van der Waals surface area contributed by atoms with Crippen LogP contribution in [0.2, 0.25) is 0 Å². The van der Waals surface area contributed by atoms with Crippen molar-refractivity contribution in [2.45, 2.75) is 59.7 Å². The SMILES string of the molecule is Cc1cc([C@@H](C)Nc2ccccc2C(=O)OC(C)(C)C)c2oc(-c3ccc(CN4CCN(C)CC4)cc3)c(C)c(=O)c2c1. The zero-order chi connectivity index (χ0) is 30.9. The molecule has 1 fully saturated rings. The van der Waals surface area contributed by atoms with Crippen LogP contribution in [0, 0.1) is 13.8 Å². The summed E-state index contributed by atoms with van der Waals surface area (Å²) < 4.78 is 12.2. The monoisotopic (exact) mass is 581 g/mol. The Morgan fingerprint density at radius 3 is 2.35 bits per heavy atom. The van der Waals surface area contributed by atoms with E-state index in [0.29, 0.717) is 33.5 Å². The van der Waals surface area contributed by atoms with Crippen LogP contribution in [0.3, 0.4) is 0 Å². The van der Waals surface area contributed by atoms with E-state index in [0.717, 1.165) is 49.4 Å². The Kier molecular flexibility index (Phi) is 8.76. The van der Waals surface area contributed by atoms with Gasteiger partial charge in [0, 0.05) is 55.1 Å². The predicted octanol–water partition coefficient (Wildman–Crippen LogP) is 6.95. The molecule has 0 unspecified atom stereocenters. The summed E-state index contributed by atoms with van der Waals surface area (Å²) in [7, 11) is 2.16. The largest absolute Gasteiger partial charge is 0.456 e. The number of likely N-dealkylation sites (N-methyl/N-ethyl adjacent to an activating group) is 1. The van der Waals surface area contributed by atoms with E-state index in [9.17, 15) is 9.59 Å². The average Bonchev–Trinajstić information content (AvgIpc) is 2.96. The average molecular weight is 582 g/mol. The number of para-hydroxylation sites is 1. The van der Waals surface area contributed by atoms with Gasteiger partial charge in [0.25, 0.3) is 0 Å². The number of esters is 1. The quantitative estimate of drug-likeness (QED) is 0.237. The maximum Gasteiger partial charge on any atom is 0.340 e. The second kappa shape index (κ2) is 12.3. The Hall–Kier alpha value is -3.94. The molecule has 0 radical (unpaired) electrons. The molecule has 1 N–H and O–H groups in total. The van der Waals surface area contributed by atoms with E-state index in [2.05, 4.69) is 46.4 Å². The molecule has 0 spiro atoms. The van der Waals surface area contributed by atoms with Gasteiger partial charge in [-0.05, 0) is 77.9 Å². The first kappa shape index (κ1) is 30.5. The topological polar surface area (TPSA) is 75.0 Å². The van der Waals surface area contributed by atoms with Crippen LogP contribution >= 0.6 is 0 Å². The molecule has 0 saturated carbocycles. The van der Waals surface area contributed by atoms with E-state index in [-0.39, 0.29) is 11.5 Å². The molecule has 2 heterocycles. The molecule has 1 saturated heterocycles. The summed E-state index contributed by atoms with van der Waals surface area (Å²) in [4.78, 5) is 31.5. The van der Waals surface area contributed by atoms with E-state index in [1.165, 1.54) is 5.56 Å². The zero-order valence-electron chi connectivity index (χ0n) is 26.4. The third-order valence-corrected chi connectivity index (χ3v) is 7.99. The zero-order valence-corrected chi connectivity index (χ0v) is 26.4. The molecule has 3 aromatic carbocycles. The number of ether oxygens (including phenoxy) is 1. The normalized spacial score (nSPS) is 15.4. The summed E-state index contributed by atoms with van der Waals surface area (Å²) in [5.41, 5.74) is 5.53. The molecule has 7 nitrogen and oxygen atoms in total. The maximum atomic E-state index is 13.7. The molecule has 4 aromatic rings. The van der Waals surface area contributed by atoms with Crippen LogP contribution in [0.4, 0.5) is 5.69 Å². The number of piperazine rings is 1. The first-order valence-corrected chi connectivity index (χ1v) is 15.1. The smallest absolute Gasteiger partial charge is 0.340 e. The number of hydrogen-bond acceptors (Lipinski definition) is 7. The lowest BCUT2D eigenvalue weighted by atomic mass is 9.98. The number of carbonyl (C=O) groups excluding carboxylic acids is 1. The number of anilines is 1. The van der Waals surface area contributed by atoms with Crippen LogP contribution < -0.4 is 10.7 Å². The highest BCUT2D eigenvalue weighted by Gasteiger charge is 2.23. The van der Waals surface area contributed by atoms with Gasteiger partial charge in [0.15, 0.2) is 5.43 Å². The number of rotatable bonds is 7. The fourth-order valence-electron chi connectivity index (χ4n) is 5.62. The highest BCUT2D eigenvalue weighted by Crippen LogP contribution is 2.33. The van der Waals surface area contributed by atoms with Crippen molar-refractivity contribution in [1.82, 2.24) is 9.80 Å². The van der Waals surface area contributed by atoms with Crippen molar-refractivity contribution in [3.63, 3.8) is 0 Å². The molecule has 0 aliphatic carbocycles. The first-order chi connectivity index (χ1) is 20.4. The fraction of sp³-hybridized carbons (Fsp3) is 0.389. The second-order valence-electron chi connectivity index (χ2n) is 12.8. The summed E-state index contributed by atoms with van der Waals surface area (Å²) in [6, 6.07) is 19.3. The second-order valence-corrected chi connectivity index (χ2v) is 12.8. The van der Waals surface area contributed by atoms with Gasteiger partial charge in [-0.3, -0.25) is 9.69 Å². The molecule has 5 rings (SSSR count). The Bertz CT molecular complexity index is 1680. The third-order valence-electron chi connectivity index (χ3n) is 7.99. The third kappa shape index (κ3) is 7.00. The summed E-state index contributed by atoms with van der Waals surface area (Å²) in [5, 5.41) is 4.04. The lowest BCUT2D eigenvalue weighted by molar-refractivity contribution is 0.00706. The summed E-state index contributed by atoms with van der Waals surface area (Å²) in [5.74, 6) is 0.188. The molecule has 43 heavy (non-hydrogen) atoms. The predicted molar refractivity (Wildman–Crippen MR) is 174 cm³/mol. The molecular weight excluding hydrogens is 538 g/mol. The summed E-state index contributed by atoms with van der Waals surface area (Å²) in [6.45, 7) is 16.6. The molecule has 1 aliphatic rings. The van der Waals surface area contributed by atoms with Crippen molar-refractivity contribution < 1.29 is 13.9 Å². The molecule has 0 amide bonds. The van der Waals surface area contributed by atoms with Crippen LogP contribution in [0.15, 0.2) is 69.9 Å². The van der Waals surface area contributed by atoms with E-state index in [4.69, 9.17) is 9.15 Å². The van der Waals surface area contributed by atoms with Gasteiger partial charge in [0.05, 0.1) is 17.0 Å². The van der Waals surface area contributed by atoms with Gasteiger partial charge in [-0.2, -0.15) is 0 Å². The van der Waals surface area contributed by atoms with Gasteiger partial charge in [-0.15, -0.1) is 0 Å². The lowest BCUT2D eigenvalue weighted by Crippen LogP contribution is -2.43. The van der Waals surface area contributed by atoms with E-state index >= 15 is 0 Å². The Morgan fingerprint density at radius 2 is 1.67 bits per heavy atom. The van der Waals surface area contributed by atoms with Crippen LogP contribution in [0.25, 0.3) is 22.3 Å². The minimum atomic E-state index is -0.608. The number of nitrogens with one attached hydrogen (secondary N) is 1. The van der Waals surface area contributed by atoms with Crippen LogP contribution in [-0.2, 0) is 11.3 Å². The Morgan fingerprint density at radius 1 is 1.00 bits per heavy atom. The van der Waals surface area contributed by atoms with Crippen LogP contribution in [0.5, 0.6) is 0 Å². The van der Waals surface area contributed by atoms with Gasteiger partial charge in [-0.1, -0.05) is 42.5 Å². The molecule has 7 heteroatoms. The first-order valence-electron chi connectivity index (χ1n) is 15.1. The number of hydrogen-bond donors (Lipinski definition) is 1. The summed E-state index contributed by atoms with van der Waals surface area (Å²) >= 11 is 0. The Labute approximate surface area is 254 Å². The number of benzene rings is 3.